The molecule has 0 aliphatic carbocycles. The second-order valence-corrected chi connectivity index (χ2v) is 5.68. The van der Waals surface area contributed by atoms with Gasteiger partial charge in [-0.3, -0.25) is 4.98 Å². The molecule has 1 aromatic carbocycles. The lowest BCUT2D eigenvalue weighted by atomic mass is 9.87. The van der Waals surface area contributed by atoms with Crippen LogP contribution in [0.4, 0.5) is 11.4 Å². The van der Waals surface area contributed by atoms with Gasteiger partial charge in [0.1, 0.15) is 0 Å². The Morgan fingerprint density at radius 3 is 2.35 bits per heavy atom. The van der Waals surface area contributed by atoms with Gasteiger partial charge in [-0.25, -0.2) is 4.79 Å². The van der Waals surface area contributed by atoms with Crippen LogP contribution in [0.1, 0.15) is 36.7 Å². The average Bonchev–Trinajstić information content (AvgIpc) is 2.38. The first kappa shape index (κ1) is 14.1. The minimum absolute atomic E-state index is 0.0963. The Labute approximate surface area is 118 Å². The number of benzene rings is 1. The number of nitrogens with zero attached hydrogens (tertiary/aromatic N) is 1. The van der Waals surface area contributed by atoms with E-state index in [1.54, 1.807) is 0 Å². The minimum Gasteiger partial charge on any atom is -0.478 e. The van der Waals surface area contributed by atoms with E-state index in [9.17, 15) is 4.79 Å². The van der Waals surface area contributed by atoms with Crippen LogP contribution in [0.3, 0.4) is 0 Å². The van der Waals surface area contributed by atoms with E-state index in [1.807, 2.05) is 24.3 Å². The highest BCUT2D eigenvalue weighted by Gasteiger charge is 2.13. The molecule has 2 rings (SSSR count). The molecule has 0 amide bonds. The highest BCUT2D eigenvalue weighted by molar-refractivity contribution is 5.94. The van der Waals surface area contributed by atoms with Crippen molar-refractivity contribution in [3.05, 3.63) is 53.9 Å². The van der Waals surface area contributed by atoms with Crippen LogP contribution >= 0.6 is 0 Å². The molecule has 0 fully saturated rings. The normalized spacial score (nSPS) is 11.2. The van der Waals surface area contributed by atoms with Crippen LogP contribution in [0, 0.1) is 0 Å². The number of carboxylic acids is 1. The number of hydrogen-bond donors (Lipinski definition) is 2. The quantitative estimate of drug-likeness (QED) is 0.890. The molecule has 1 aromatic heterocycles. The molecule has 0 unspecified atom stereocenters. The molecule has 104 valence electrons. The predicted octanol–water partition coefficient (Wildman–Crippen LogP) is 3.82. The van der Waals surface area contributed by atoms with E-state index in [1.165, 1.54) is 24.0 Å². The Bertz CT molecular complexity index is 613. The molecule has 2 aromatic rings. The summed E-state index contributed by atoms with van der Waals surface area (Å²) in [5, 5.41) is 12.2. The van der Waals surface area contributed by atoms with E-state index in [0.717, 1.165) is 5.69 Å². The zero-order chi connectivity index (χ0) is 14.8. The summed E-state index contributed by atoms with van der Waals surface area (Å²) in [5.74, 6) is -0.971. The molecule has 0 aliphatic heterocycles. The number of carbonyl (C=O) groups is 1. The van der Waals surface area contributed by atoms with Gasteiger partial charge in [-0.2, -0.15) is 0 Å². The average molecular weight is 270 g/mol. The van der Waals surface area contributed by atoms with Crippen LogP contribution in [-0.4, -0.2) is 16.1 Å². The first-order valence-corrected chi connectivity index (χ1v) is 6.43. The molecule has 4 nitrogen and oxygen atoms in total. The fraction of sp³-hybridized carbons (Fsp3) is 0.250. The van der Waals surface area contributed by atoms with Gasteiger partial charge in [-0.15, -0.1) is 0 Å². The van der Waals surface area contributed by atoms with Gasteiger partial charge in [0, 0.05) is 11.9 Å². The molecule has 0 bridgehead atoms. The molecular formula is C16H18N2O2. The maximum absolute atomic E-state index is 11.1. The van der Waals surface area contributed by atoms with Crippen molar-refractivity contribution in [3.8, 4) is 0 Å². The Kier molecular flexibility index (Phi) is 3.74. The van der Waals surface area contributed by atoms with Gasteiger partial charge < -0.3 is 10.4 Å². The number of aromatic nitrogens is 1. The minimum atomic E-state index is -0.971. The first-order chi connectivity index (χ1) is 9.38. The van der Waals surface area contributed by atoms with E-state index in [2.05, 4.69) is 31.1 Å². The summed E-state index contributed by atoms with van der Waals surface area (Å²) in [4.78, 5) is 15.1. The van der Waals surface area contributed by atoms with Crippen molar-refractivity contribution in [1.29, 1.82) is 0 Å². The largest absolute Gasteiger partial charge is 0.478 e. The van der Waals surface area contributed by atoms with Crippen LogP contribution in [0.2, 0.25) is 0 Å². The van der Waals surface area contributed by atoms with Crippen LogP contribution < -0.4 is 5.32 Å². The summed E-state index contributed by atoms with van der Waals surface area (Å²) in [6.07, 6.45) is 2.98. The molecule has 0 atom stereocenters. The maximum atomic E-state index is 11.1. The zero-order valence-electron chi connectivity index (χ0n) is 11.8. The Morgan fingerprint density at radius 2 is 1.80 bits per heavy atom. The number of pyridine rings is 1. The molecule has 0 radical (unpaired) electrons. The molecule has 1 heterocycles. The molecule has 0 aliphatic rings. The number of nitrogens with one attached hydrogen (secondary N) is 1. The number of rotatable bonds is 3. The van der Waals surface area contributed by atoms with Crippen molar-refractivity contribution in [3.63, 3.8) is 0 Å². The molecule has 0 saturated heterocycles. The van der Waals surface area contributed by atoms with Crippen LogP contribution in [-0.2, 0) is 5.41 Å². The van der Waals surface area contributed by atoms with Gasteiger partial charge in [0.25, 0.3) is 0 Å². The van der Waals surface area contributed by atoms with Gasteiger partial charge in [0.15, 0.2) is 0 Å². The zero-order valence-corrected chi connectivity index (χ0v) is 11.8. The smallest absolute Gasteiger partial charge is 0.337 e. The van der Waals surface area contributed by atoms with Gasteiger partial charge >= 0.3 is 5.97 Å². The fourth-order valence-corrected chi connectivity index (χ4v) is 1.89. The van der Waals surface area contributed by atoms with E-state index in [-0.39, 0.29) is 11.0 Å². The highest BCUT2D eigenvalue weighted by Crippen LogP contribution is 2.25. The third-order valence-corrected chi connectivity index (χ3v) is 3.08. The second-order valence-electron chi connectivity index (χ2n) is 5.68. The summed E-state index contributed by atoms with van der Waals surface area (Å²) >= 11 is 0. The van der Waals surface area contributed by atoms with Crippen LogP contribution in [0.15, 0.2) is 42.7 Å². The van der Waals surface area contributed by atoms with Crippen molar-refractivity contribution in [2.75, 3.05) is 5.32 Å². The lowest BCUT2D eigenvalue weighted by Crippen LogP contribution is -2.10. The lowest BCUT2D eigenvalue weighted by molar-refractivity contribution is 0.0698. The number of hydrogen-bond acceptors (Lipinski definition) is 3. The summed E-state index contributed by atoms with van der Waals surface area (Å²) < 4.78 is 0. The van der Waals surface area contributed by atoms with Crippen molar-refractivity contribution >= 4 is 17.3 Å². The maximum Gasteiger partial charge on any atom is 0.337 e. The van der Waals surface area contributed by atoms with E-state index in [0.29, 0.717) is 5.69 Å². The Hall–Kier alpha value is -2.36. The van der Waals surface area contributed by atoms with Crippen LogP contribution in [0.25, 0.3) is 0 Å². The van der Waals surface area contributed by atoms with Crippen molar-refractivity contribution < 1.29 is 9.90 Å². The lowest BCUT2D eigenvalue weighted by Gasteiger charge is -2.19. The van der Waals surface area contributed by atoms with E-state index < -0.39 is 5.97 Å². The molecule has 20 heavy (non-hydrogen) atoms. The summed E-state index contributed by atoms with van der Waals surface area (Å²) in [7, 11) is 0. The fourth-order valence-electron chi connectivity index (χ4n) is 1.89. The molecule has 0 spiro atoms. The number of carboxylic acid groups (broad SMARTS) is 1. The van der Waals surface area contributed by atoms with Gasteiger partial charge in [0.2, 0.25) is 0 Å². The predicted molar refractivity (Wildman–Crippen MR) is 79.6 cm³/mol. The molecule has 0 saturated carbocycles. The van der Waals surface area contributed by atoms with Crippen molar-refractivity contribution in [2.24, 2.45) is 0 Å². The van der Waals surface area contributed by atoms with E-state index in [4.69, 9.17) is 5.11 Å². The standard InChI is InChI=1S/C16H18N2O2/c1-16(2,3)11-4-6-12(7-5-11)18-14-10-17-9-8-13(14)15(19)20/h4-10,18H,1-3H3,(H,19,20). The monoisotopic (exact) mass is 270 g/mol. The third-order valence-electron chi connectivity index (χ3n) is 3.08. The van der Waals surface area contributed by atoms with Crippen molar-refractivity contribution in [2.45, 2.75) is 26.2 Å². The van der Waals surface area contributed by atoms with Crippen molar-refractivity contribution in [1.82, 2.24) is 4.98 Å². The van der Waals surface area contributed by atoms with Gasteiger partial charge in [-0.1, -0.05) is 32.9 Å². The Balaban J connectivity index is 2.25. The summed E-state index contributed by atoms with van der Waals surface area (Å²) in [5.41, 5.74) is 2.86. The molecular weight excluding hydrogens is 252 g/mol. The summed E-state index contributed by atoms with van der Waals surface area (Å²) in [6, 6.07) is 9.45. The van der Waals surface area contributed by atoms with Crippen LogP contribution in [0.5, 0.6) is 0 Å². The number of aromatic carboxylic acids is 1. The van der Waals surface area contributed by atoms with E-state index >= 15 is 0 Å². The summed E-state index contributed by atoms with van der Waals surface area (Å²) in [6.45, 7) is 6.46. The van der Waals surface area contributed by atoms with Gasteiger partial charge in [-0.05, 0) is 29.2 Å². The number of anilines is 2. The molecule has 2 N–H and O–H groups in total. The molecule has 4 heteroatoms. The Morgan fingerprint density at radius 1 is 1.15 bits per heavy atom. The van der Waals surface area contributed by atoms with Gasteiger partial charge in [0.05, 0.1) is 17.4 Å². The first-order valence-electron chi connectivity index (χ1n) is 6.43. The SMILES string of the molecule is CC(C)(C)c1ccc(Nc2cnccc2C(=O)O)cc1. The highest BCUT2D eigenvalue weighted by atomic mass is 16.4. The topological polar surface area (TPSA) is 62.2 Å². The third kappa shape index (κ3) is 3.15. The second kappa shape index (κ2) is 5.33.